The van der Waals surface area contributed by atoms with Crippen LogP contribution < -0.4 is 10.5 Å². The molecule has 0 saturated carbocycles. The number of rotatable bonds is 8. The van der Waals surface area contributed by atoms with Crippen LogP contribution in [0.1, 0.15) is 34.1 Å². The first kappa shape index (κ1) is 24.2. The van der Waals surface area contributed by atoms with Crippen molar-refractivity contribution in [3.63, 3.8) is 0 Å². The molecule has 0 atom stereocenters. The Kier molecular flexibility index (Phi) is 6.47. The fourth-order valence-electron chi connectivity index (χ4n) is 4.65. The smallest absolute Gasteiger partial charge is 0.357 e. The van der Waals surface area contributed by atoms with E-state index in [1.165, 1.54) is 11.0 Å². The minimum atomic E-state index is -0.707. The maximum Gasteiger partial charge on any atom is 0.357 e. The zero-order valence-electron chi connectivity index (χ0n) is 20.9. The van der Waals surface area contributed by atoms with Crippen LogP contribution in [0.3, 0.4) is 0 Å². The first-order chi connectivity index (χ1) is 18.0. The molecule has 3 aromatic heterocycles. The van der Waals surface area contributed by atoms with Crippen LogP contribution in [0.4, 0.5) is 10.2 Å². The Bertz CT molecular complexity index is 1610. The molecule has 0 aliphatic carbocycles. The second kappa shape index (κ2) is 9.88. The van der Waals surface area contributed by atoms with Gasteiger partial charge in [0.25, 0.3) is 0 Å². The highest BCUT2D eigenvalue weighted by molar-refractivity contribution is 6.18. The number of nitrogens with two attached hydrogens (primary N) is 1. The number of fused-ring (bicyclic) bond motifs is 3. The zero-order chi connectivity index (χ0) is 26.1. The molecule has 3 heterocycles. The molecule has 9 nitrogen and oxygen atoms in total. The molecular weight excluding hydrogens is 475 g/mol. The fraction of sp³-hybridized carbons (Fsp3) is 0.259. The van der Waals surface area contributed by atoms with Gasteiger partial charge in [-0.3, -0.25) is 9.25 Å². The minimum Gasteiger partial charge on any atom is -0.489 e. The number of hydrogen-bond acceptors (Lipinski definition) is 7. The third-order valence-electron chi connectivity index (χ3n) is 6.27. The first-order valence-corrected chi connectivity index (χ1v) is 12.0. The number of benzene rings is 2. The molecular formula is C27H27FN6O3. The molecule has 37 heavy (non-hydrogen) atoms. The maximum absolute atomic E-state index is 13.5. The predicted molar refractivity (Wildman–Crippen MR) is 139 cm³/mol. The Hall–Kier alpha value is -4.47. The van der Waals surface area contributed by atoms with E-state index in [0.29, 0.717) is 34.4 Å². The van der Waals surface area contributed by atoms with Crippen molar-refractivity contribution in [1.82, 2.24) is 24.3 Å². The van der Waals surface area contributed by atoms with Crippen LogP contribution in [0.5, 0.6) is 5.75 Å². The number of aromatic nitrogens is 5. The van der Waals surface area contributed by atoms with E-state index in [9.17, 15) is 9.18 Å². The lowest BCUT2D eigenvalue weighted by Gasteiger charge is -2.17. The number of alkyl halides is 1. The summed E-state index contributed by atoms with van der Waals surface area (Å²) in [4.78, 5) is 21.7. The third-order valence-corrected chi connectivity index (χ3v) is 6.27. The molecule has 0 spiro atoms. The number of aryl methyl sites for hydroxylation is 2. The van der Waals surface area contributed by atoms with E-state index >= 15 is 0 Å². The van der Waals surface area contributed by atoms with Crippen LogP contribution in [0.2, 0.25) is 0 Å². The highest BCUT2D eigenvalue weighted by Gasteiger charge is 2.29. The van der Waals surface area contributed by atoms with E-state index < -0.39 is 12.6 Å². The molecule has 0 aliphatic heterocycles. The van der Waals surface area contributed by atoms with E-state index in [1.807, 2.05) is 60.9 Å². The number of carbonyl (C=O) groups excluding carboxylic acids is 1. The minimum absolute atomic E-state index is 0.115. The van der Waals surface area contributed by atoms with Gasteiger partial charge in [-0.1, -0.05) is 36.4 Å². The van der Waals surface area contributed by atoms with E-state index in [2.05, 4.69) is 15.1 Å². The summed E-state index contributed by atoms with van der Waals surface area (Å²) in [7, 11) is 0. The summed E-state index contributed by atoms with van der Waals surface area (Å²) in [6.45, 7) is 5.37. The number of halogens is 1. The molecule has 2 aromatic carbocycles. The number of hydrogen-bond donors (Lipinski definition) is 1. The number of anilines is 1. The van der Waals surface area contributed by atoms with Crippen LogP contribution in [0.15, 0.2) is 48.8 Å². The second-order valence-electron chi connectivity index (χ2n) is 8.60. The summed E-state index contributed by atoms with van der Waals surface area (Å²) in [5.74, 6) is 0.260. The summed E-state index contributed by atoms with van der Waals surface area (Å²) >= 11 is 0. The molecule has 0 amide bonds. The van der Waals surface area contributed by atoms with E-state index in [0.717, 1.165) is 22.4 Å². The predicted octanol–water partition coefficient (Wildman–Crippen LogP) is 4.69. The van der Waals surface area contributed by atoms with E-state index in [1.54, 1.807) is 6.92 Å². The summed E-state index contributed by atoms with van der Waals surface area (Å²) < 4.78 is 28.1. The molecule has 5 rings (SSSR count). The van der Waals surface area contributed by atoms with Crippen LogP contribution in [0, 0.1) is 13.8 Å². The summed E-state index contributed by atoms with van der Waals surface area (Å²) in [5, 5.41) is 5.52. The van der Waals surface area contributed by atoms with Crippen molar-refractivity contribution in [1.29, 1.82) is 0 Å². The van der Waals surface area contributed by atoms with Crippen molar-refractivity contribution in [2.75, 3.05) is 19.0 Å². The Morgan fingerprint density at radius 2 is 1.84 bits per heavy atom. The summed E-state index contributed by atoms with van der Waals surface area (Å²) in [6, 6.07) is 13.8. The number of esters is 1. The van der Waals surface area contributed by atoms with Crippen LogP contribution in [-0.2, 0) is 17.9 Å². The standard InChI is InChI=1S/C27H27FN6O3/c1-4-36-27(35)23-20-21-24(29)30-15-31-25(21)34(26(20)32-33(23)13-12-28)22-16(2)10-11-19(17(22)3)37-14-18-8-6-5-7-9-18/h5-11,15H,4,12-14H2,1-3H3,(H2,29,30,31). The van der Waals surface area contributed by atoms with Crippen LogP contribution >= 0.6 is 0 Å². The number of carbonyl (C=O) groups is 1. The highest BCUT2D eigenvalue weighted by atomic mass is 19.1. The van der Waals surface area contributed by atoms with Crippen molar-refractivity contribution < 1.29 is 18.7 Å². The lowest BCUT2D eigenvalue weighted by Crippen LogP contribution is -2.15. The second-order valence-corrected chi connectivity index (χ2v) is 8.60. The van der Waals surface area contributed by atoms with Gasteiger partial charge in [0.1, 0.15) is 31.2 Å². The molecule has 10 heteroatoms. The van der Waals surface area contributed by atoms with Crippen molar-refractivity contribution in [3.05, 3.63) is 71.2 Å². The number of nitrogen functional groups attached to an aromatic ring is 1. The zero-order valence-corrected chi connectivity index (χ0v) is 20.9. The Morgan fingerprint density at radius 1 is 1.05 bits per heavy atom. The van der Waals surface area contributed by atoms with Crippen molar-refractivity contribution in [2.24, 2.45) is 0 Å². The largest absolute Gasteiger partial charge is 0.489 e. The first-order valence-electron chi connectivity index (χ1n) is 12.0. The average molecular weight is 503 g/mol. The molecule has 190 valence electrons. The lowest BCUT2D eigenvalue weighted by atomic mass is 10.1. The Morgan fingerprint density at radius 3 is 2.57 bits per heavy atom. The SMILES string of the molecule is CCOC(=O)c1c2c3c(N)ncnc3n(-c3c(C)ccc(OCc4ccccc4)c3C)c2nn1CCF. The maximum atomic E-state index is 13.5. The van der Waals surface area contributed by atoms with Crippen LogP contribution in [-0.4, -0.2) is 43.6 Å². The molecule has 0 saturated heterocycles. The van der Waals surface area contributed by atoms with Gasteiger partial charge in [0, 0.05) is 5.56 Å². The molecule has 0 aliphatic rings. The molecule has 0 bridgehead atoms. The summed E-state index contributed by atoms with van der Waals surface area (Å²) in [5.41, 5.74) is 10.9. The third kappa shape index (κ3) is 4.14. The van der Waals surface area contributed by atoms with Gasteiger partial charge in [-0.25, -0.2) is 19.2 Å². The summed E-state index contributed by atoms with van der Waals surface area (Å²) in [6.07, 6.45) is 1.37. The van der Waals surface area contributed by atoms with Gasteiger partial charge in [0.05, 0.1) is 29.6 Å². The Balaban J connectivity index is 1.77. The normalized spacial score (nSPS) is 11.4. The lowest BCUT2D eigenvalue weighted by molar-refractivity contribution is 0.0514. The fourth-order valence-corrected chi connectivity index (χ4v) is 4.65. The van der Waals surface area contributed by atoms with E-state index in [4.69, 9.17) is 15.2 Å². The van der Waals surface area contributed by atoms with Gasteiger partial charge in [0.15, 0.2) is 17.0 Å². The molecule has 0 radical (unpaired) electrons. The van der Waals surface area contributed by atoms with Gasteiger partial charge < -0.3 is 15.2 Å². The van der Waals surface area contributed by atoms with Crippen molar-refractivity contribution in [2.45, 2.75) is 33.9 Å². The van der Waals surface area contributed by atoms with Crippen LogP contribution in [0.25, 0.3) is 27.8 Å². The van der Waals surface area contributed by atoms with Crippen molar-refractivity contribution >= 4 is 33.9 Å². The van der Waals surface area contributed by atoms with Crippen molar-refractivity contribution in [3.8, 4) is 11.4 Å². The Labute approximate surface area is 212 Å². The topological polar surface area (TPSA) is 110 Å². The monoisotopic (exact) mass is 502 g/mol. The molecule has 0 unspecified atom stereocenters. The molecule has 5 aromatic rings. The van der Waals surface area contributed by atoms with Gasteiger partial charge in [-0.15, -0.1) is 0 Å². The molecule has 0 fully saturated rings. The number of nitrogens with zero attached hydrogens (tertiary/aromatic N) is 5. The van der Waals surface area contributed by atoms with Gasteiger partial charge in [0.2, 0.25) is 0 Å². The van der Waals surface area contributed by atoms with Gasteiger partial charge >= 0.3 is 5.97 Å². The number of ether oxygens (including phenoxy) is 2. The molecule has 2 N–H and O–H groups in total. The quantitative estimate of drug-likeness (QED) is 0.306. The van der Waals surface area contributed by atoms with Gasteiger partial charge in [-0.2, -0.15) is 5.10 Å². The van der Waals surface area contributed by atoms with E-state index in [-0.39, 0.29) is 24.7 Å². The van der Waals surface area contributed by atoms with Gasteiger partial charge in [-0.05, 0) is 38.0 Å². The average Bonchev–Trinajstić information content (AvgIpc) is 3.40. The highest BCUT2D eigenvalue weighted by Crippen LogP contribution is 2.39.